The predicted octanol–water partition coefficient (Wildman–Crippen LogP) is 2.39. The SMILES string of the molecule is O=C(NCCCc1cnoc1)c1ccccc1C(=O)NCCCc1cnoc1. The molecule has 8 nitrogen and oxygen atoms in total. The van der Waals surface area contributed by atoms with Crippen molar-refractivity contribution >= 4 is 11.8 Å². The fraction of sp³-hybridized carbons (Fsp3) is 0.300. The van der Waals surface area contributed by atoms with Gasteiger partial charge in [0.15, 0.2) is 0 Å². The largest absolute Gasteiger partial charge is 0.364 e. The van der Waals surface area contributed by atoms with Crippen LogP contribution in [0, 0.1) is 0 Å². The van der Waals surface area contributed by atoms with Crippen LogP contribution in [0.15, 0.2) is 58.2 Å². The number of carbonyl (C=O) groups excluding carboxylic acids is 2. The zero-order valence-corrected chi connectivity index (χ0v) is 15.4. The third kappa shape index (κ3) is 5.54. The molecule has 0 fully saturated rings. The first kappa shape index (κ1) is 19.3. The van der Waals surface area contributed by atoms with Crippen LogP contribution in [0.5, 0.6) is 0 Å². The van der Waals surface area contributed by atoms with E-state index in [0.717, 1.165) is 36.8 Å². The van der Waals surface area contributed by atoms with Gasteiger partial charge in [0.2, 0.25) is 0 Å². The van der Waals surface area contributed by atoms with Gasteiger partial charge in [-0.15, -0.1) is 0 Å². The summed E-state index contributed by atoms with van der Waals surface area (Å²) >= 11 is 0. The third-order valence-corrected chi connectivity index (χ3v) is 4.24. The first-order valence-corrected chi connectivity index (χ1v) is 9.16. The maximum Gasteiger partial charge on any atom is 0.252 e. The maximum atomic E-state index is 12.5. The first-order chi connectivity index (χ1) is 13.7. The van der Waals surface area contributed by atoms with Crippen LogP contribution in [-0.2, 0) is 12.8 Å². The summed E-state index contributed by atoms with van der Waals surface area (Å²) in [5, 5.41) is 13.0. The van der Waals surface area contributed by atoms with Gasteiger partial charge in [-0.1, -0.05) is 22.4 Å². The Morgan fingerprint density at radius 3 is 1.64 bits per heavy atom. The van der Waals surface area contributed by atoms with Gasteiger partial charge in [0.05, 0.1) is 23.5 Å². The van der Waals surface area contributed by atoms with Crippen molar-refractivity contribution in [2.45, 2.75) is 25.7 Å². The van der Waals surface area contributed by atoms with Crippen molar-refractivity contribution in [2.24, 2.45) is 0 Å². The van der Waals surface area contributed by atoms with Crippen molar-refractivity contribution in [3.05, 3.63) is 71.4 Å². The molecule has 3 rings (SSSR count). The van der Waals surface area contributed by atoms with E-state index in [1.807, 2.05) is 0 Å². The van der Waals surface area contributed by atoms with E-state index in [-0.39, 0.29) is 11.8 Å². The van der Waals surface area contributed by atoms with E-state index in [1.54, 1.807) is 49.2 Å². The Bertz CT molecular complexity index is 802. The fourth-order valence-corrected chi connectivity index (χ4v) is 2.76. The lowest BCUT2D eigenvalue weighted by Gasteiger charge is -2.10. The predicted molar refractivity (Wildman–Crippen MR) is 101 cm³/mol. The van der Waals surface area contributed by atoms with E-state index >= 15 is 0 Å². The highest BCUT2D eigenvalue weighted by Crippen LogP contribution is 2.09. The molecule has 2 amide bonds. The van der Waals surface area contributed by atoms with Gasteiger partial charge in [-0.3, -0.25) is 9.59 Å². The molecular formula is C20H22N4O4. The van der Waals surface area contributed by atoms with E-state index in [0.29, 0.717) is 24.2 Å². The number of rotatable bonds is 10. The zero-order chi connectivity index (χ0) is 19.6. The number of nitrogens with one attached hydrogen (secondary N) is 2. The summed E-state index contributed by atoms with van der Waals surface area (Å²) in [5.74, 6) is -0.527. The van der Waals surface area contributed by atoms with E-state index < -0.39 is 0 Å². The molecule has 0 saturated carbocycles. The van der Waals surface area contributed by atoms with Gasteiger partial charge < -0.3 is 19.7 Å². The molecule has 2 N–H and O–H groups in total. The highest BCUT2D eigenvalue weighted by atomic mass is 16.5. The maximum absolute atomic E-state index is 12.5. The van der Waals surface area contributed by atoms with Gasteiger partial charge in [0.1, 0.15) is 12.5 Å². The van der Waals surface area contributed by atoms with Crippen molar-refractivity contribution < 1.29 is 18.6 Å². The number of benzene rings is 1. The highest BCUT2D eigenvalue weighted by Gasteiger charge is 2.16. The van der Waals surface area contributed by atoms with Crippen LogP contribution in [0.2, 0.25) is 0 Å². The first-order valence-electron chi connectivity index (χ1n) is 9.16. The number of carbonyl (C=O) groups is 2. The van der Waals surface area contributed by atoms with Crippen molar-refractivity contribution in [1.29, 1.82) is 0 Å². The minimum atomic E-state index is -0.263. The summed E-state index contributed by atoms with van der Waals surface area (Å²) in [6, 6.07) is 6.80. The monoisotopic (exact) mass is 382 g/mol. The Morgan fingerprint density at radius 1 is 0.786 bits per heavy atom. The molecular weight excluding hydrogens is 360 g/mol. The summed E-state index contributed by atoms with van der Waals surface area (Å²) in [5.41, 5.74) is 2.70. The Morgan fingerprint density at radius 2 is 1.25 bits per heavy atom. The molecule has 0 radical (unpaired) electrons. The van der Waals surface area contributed by atoms with Gasteiger partial charge in [-0.2, -0.15) is 0 Å². The second kappa shape index (κ2) is 10.1. The fourth-order valence-electron chi connectivity index (χ4n) is 2.76. The smallest absolute Gasteiger partial charge is 0.252 e. The molecule has 0 aliphatic heterocycles. The normalized spacial score (nSPS) is 10.6. The van der Waals surface area contributed by atoms with Gasteiger partial charge >= 0.3 is 0 Å². The molecule has 0 bridgehead atoms. The van der Waals surface area contributed by atoms with Gasteiger partial charge in [-0.25, -0.2) is 0 Å². The van der Waals surface area contributed by atoms with Crippen LogP contribution in [0.25, 0.3) is 0 Å². The van der Waals surface area contributed by atoms with Crippen molar-refractivity contribution in [1.82, 2.24) is 20.9 Å². The molecule has 0 aliphatic carbocycles. The second-order valence-corrected chi connectivity index (χ2v) is 6.33. The molecule has 2 aromatic heterocycles. The quantitative estimate of drug-likeness (QED) is 0.521. The van der Waals surface area contributed by atoms with Crippen LogP contribution in [0.4, 0.5) is 0 Å². The number of aromatic nitrogens is 2. The number of amides is 2. The lowest BCUT2D eigenvalue weighted by molar-refractivity contribution is 0.0919. The lowest BCUT2D eigenvalue weighted by atomic mass is 10.1. The Hall–Kier alpha value is -3.42. The molecule has 0 atom stereocenters. The minimum Gasteiger partial charge on any atom is -0.364 e. The molecule has 2 heterocycles. The molecule has 0 aliphatic rings. The molecule has 146 valence electrons. The topological polar surface area (TPSA) is 110 Å². The Kier molecular flexibility index (Phi) is 6.95. The number of hydrogen-bond acceptors (Lipinski definition) is 6. The van der Waals surface area contributed by atoms with E-state index in [4.69, 9.17) is 9.05 Å². The van der Waals surface area contributed by atoms with Crippen molar-refractivity contribution in [2.75, 3.05) is 13.1 Å². The summed E-state index contributed by atoms with van der Waals surface area (Å²) in [6.07, 6.45) is 9.52. The van der Waals surface area contributed by atoms with Crippen LogP contribution in [-0.4, -0.2) is 35.2 Å². The summed E-state index contributed by atoms with van der Waals surface area (Å²) in [7, 11) is 0. The van der Waals surface area contributed by atoms with E-state index in [1.165, 1.54) is 0 Å². The molecule has 0 saturated heterocycles. The summed E-state index contributed by atoms with van der Waals surface area (Å²) in [6.45, 7) is 0.997. The summed E-state index contributed by atoms with van der Waals surface area (Å²) in [4.78, 5) is 25.0. The molecule has 1 aromatic carbocycles. The highest BCUT2D eigenvalue weighted by molar-refractivity contribution is 6.07. The molecule has 0 spiro atoms. The van der Waals surface area contributed by atoms with Crippen LogP contribution in [0.1, 0.15) is 44.7 Å². The standard InChI is InChI=1S/C20H22N4O4/c25-19(21-9-3-5-15-11-23-27-13-15)17-7-1-2-8-18(17)20(26)22-10-4-6-16-12-24-28-14-16/h1-2,7-8,11-14H,3-6,9-10H2,(H,21,25)(H,22,26). The van der Waals surface area contributed by atoms with E-state index in [2.05, 4.69) is 20.9 Å². The lowest BCUT2D eigenvalue weighted by Crippen LogP contribution is -2.30. The Balaban J connectivity index is 1.46. The second-order valence-electron chi connectivity index (χ2n) is 6.33. The molecule has 28 heavy (non-hydrogen) atoms. The third-order valence-electron chi connectivity index (χ3n) is 4.24. The van der Waals surface area contributed by atoms with Gasteiger partial charge in [0, 0.05) is 24.2 Å². The average Bonchev–Trinajstić information content (AvgIpc) is 3.42. The van der Waals surface area contributed by atoms with Crippen LogP contribution < -0.4 is 10.6 Å². The average molecular weight is 382 g/mol. The number of aryl methyl sites for hydroxylation is 2. The number of hydrogen-bond donors (Lipinski definition) is 2. The molecule has 0 unspecified atom stereocenters. The minimum absolute atomic E-state index is 0.263. The zero-order valence-electron chi connectivity index (χ0n) is 15.4. The van der Waals surface area contributed by atoms with Gasteiger partial charge in [-0.05, 0) is 37.8 Å². The van der Waals surface area contributed by atoms with Gasteiger partial charge in [0.25, 0.3) is 11.8 Å². The van der Waals surface area contributed by atoms with Crippen LogP contribution in [0.3, 0.4) is 0 Å². The van der Waals surface area contributed by atoms with E-state index in [9.17, 15) is 9.59 Å². The summed E-state index contributed by atoms with van der Waals surface area (Å²) < 4.78 is 9.55. The Labute approximate surface area is 162 Å². The molecule has 8 heteroatoms. The molecule has 3 aromatic rings. The van der Waals surface area contributed by atoms with Crippen LogP contribution >= 0.6 is 0 Å². The van der Waals surface area contributed by atoms with Crippen molar-refractivity contribution in [3.8, 4) is 0 Å². The number of nitrogens with zero attached hydrogens (tertiary/aromatic N) is 2. The van der Waals surface area contributed by atoms with Crippen molar-refractivity contribution in [3.63, 3.8) is 0 Å².